The number of nitrogens with one attached hydrogen (secondary N) is 2. The van der Waals surface area contributed by atoms with E-state index in [0.29, 0.717) is 18.0 Å². The van der Waals surface area contributed by atoms with Gasteiger partial charge in [-0.2, -0.15) is 0 Å². The number of H-pyrrole nitrogens is 1. The summed E-state index contributed by atoms with van der Waals surface area (Å²) in [5, 5.41) is 3.66. The molecule has 0 radical (unpaired) electrons. The Balaban J connectivity index is 1.68. The third-order valence-electron chi connectivity index (χ3n) is 4.11. The molecule has 1 atom stereocenters. The third kappa shape index (κ3) is 4.94. The van der Waals surface area contributed by atoms with Crippen molar-refractivity contribution in [3.05, 3.63) is 89.0 Å². The summed E-state index contributed by atoms with van der Waals surface area (Å²) < 4.78 is 0. The molecule has 1 amide bonds. The van der Waals surface area contributed by atoms with Crippen LogP contribution in [0.2, 0.25) is 5.02 Å². The molecule has 2 N–H and O–H groups in total. The van der Waals surface area contributed by atoms with Gasteiger partial charge in [0.2, 0.25) is 5.91 Å². The number of aromatic amines is 1. The Bertz CT molecular complexity index is 803. The summed E-state index contributed by atoms with van der Waals surface area (Å²) in [5.41, 5.74) is 3.16. The highest BCUT2D eigenvalue weighted by molar-refractivity contribution is 6.30. The first-order chi connectivity index (χ1) is 12.2. The predicted molar refractivity (Wildman–Crippen MR) is 99.7 cm³/mol. The lowest BCUT2D eigenvalue weighted by Crippen LogP contribution is -2.27. The number of halogens is 1. The number of imidazole rings is 1. The SMILES string of the molecule is O=C(CC(c1ccccc1)c1cccc(Cl)c1)NCCc1cnc[nH]1. The molecule has 128 valence electrons. The van der Waals surface area contributed by atoms with E-state index in [2.05, 4.69) is 15.3 Å². The molecule has 3 aromatic rings. The Labute approximate surface area is 152 Å². The van der Waals surface area contributed by atoms with E-state index in [4.69, 9.17) is 11.6 Å². The van der Waals surface area contributed by atoms with E-state index in [1.165, 1.54) is 0 Å². The highest BCUT2D eigenvalue weighted by Crippen LogP contribution is 2.29. The molecule has 0 aliphatic carbocycles. The van der Waals surface area contributed by atoms with Crippen molar-refractivity contribution in [2.45, 2.75) is 18.8 Å². The number of hydrogen-bond acceptors (Lipinski definition) is 2. The van der Waals surface area contributed by atoms with Gasteiger partial charge < -0.3 is 10.3 Å². The summed E-state index contributed by atoms with van der Waals surface area (Å²) in [7, 11) is 0. The number of hydrogen-bond donors (Lipinski definition) is 2. The summed E-state index contributed by atoms with van der Waals surface area (Å²) in [6.45, 7) is 0.581. The maximum atomic E-state index is 12.4. The largest absolute Gasteiger partial charge is 0.356 e. The molecule has 0 aliphatic heterocycles. The molecular weight excluding hydrogens is 334 g/mol. The predicted octanol–water partition coefficient (Wildman–Crippen LogP) is 3.94. The van der Waals surface area contributed by atoms with Crippen molar-refractivity contribution in [2.75, 3.05) is 6.54 Å². The second kappa shape index (κ2) is 8.49. The number of carbonyl (C=O) groups is 1. The first-order valence-corrected chi connectivity index (χ1v) is 8.64. The number of amides is 1. The van der Waals surface area contributed by atoms with Gasteiger partial charge >= 0.3 is 0 Å². The lowest BCUT2D eigenvalue weighted by molar-refractivity contribution is -0.121. The molecule has 0 saturated heterocycles. The smallest absolute Gasteiger partial charge is 0.220 e. The van der Waals surface area contributed by atoms with E-state index in [-0.39, 0.29) is 11.8 Å². The fourth-order valence-corrected chi connectivity index (χ4v) is 3.05. The molecule has 3 rings (SSSR count). The normalized spacial score (nSPS) is 11.9. The Kier molecular flexibility index (Phi) is 5.86. The highest BCUT2D eigenvalue weighted by atomic mass is 35.5. The van der Waals surface area contributed by atoms with Crippen LogP contribution in [-0.4, -0.2) is 22.4 Å². The number of aromatic nitrogens is 2. The summed E-state index contributed by atoms with van der Waals surface area (Å²) in [6, 6.07) is 17.8. The molecule has 4 nitrogen and oxygen atoms in total. The molecule has 1 aromatic heterocycles. The van der Waals surface area contributed by atoms with Gasteiger partial charge in [-0.1, -0.05) is 54.1 Å². The maximum absolute atomic E-state index is 12.4. The van der Waals surface area contributed by atoms with Gasteiger partial charge in [-0.3, -0.25) is 4.79 Å². The standard InChI is InChI=1S/C20H20ClN3O/c21-17-8-4-7-16(11-17)19(15-5-2-1-3-6-15)12-20(25)23-10-9-18-13-22-14-24-18/h1-8,11,13-14,19H,9-10,12H2,(H,22,24)(H,23,25). The molecule has 0 spiro atoms. The van der Waals surface area contributed by atoms with Gasteiger partial charge in [0.1, 0.15) is 0 Å². The minimum absolute atomic E-state index is 0.0212. The number of benzene rings is 2. The summed E-state index contributed by atoms with van der Waals surface area (Å²) in [6.07, 6.45) is 4.53. The van der Waals surface area contributed by atoms with Crippen molar-refractivity contribution in [1.82, 2.24) is 15.3 Å². The van der Waals surface area contributed by atoms with E-state index < -0.39 is 0 Å². The van der Waals surface area contributed by atoms with Crippen molar-refractivity contribution in [3.63, 3.8) is 0 Å². The van der Waals surface area contributed by atoms with Crippen LogP contribution in [-0.2, 0) is 11.2 Å². The van der Waals surface area contributed by atoms with Crippen molar-refractivity contribution in [2.24, 2.45) is 0 Å². The summed E-state index contributed by atoms with van der Waals surface area (Å²) in [5.74, 6) is 0.000369. The first-order valence-electron chi connectivity index (χ1n) is 8.27. The Morgan fingerprint density at radius 3 is 2.64 bits per heavy atom. The molecule has 0 saturated carbocycles. The lowest BCUT2D eigenvalue weighted by atomic mass is 9.88. The van der Waals surface area contributed by atoms with Gasteiger partial charge in [0, 0.05) is 42.2 Å². The summed E-state index contributed by atoms with van der Waals surface area (Å²) in [4.78, 5) is 19.5. The summed E-state index contributed by atoms with van der Waals surface area (Å²) >= 11 is 6.14. The number of carbonyl (C=O) groups excluding carboxylic acids is 1. The van der Waals surface area contributed by atoms with E-state index in [0.717, 1.165) is 23.2 Å². The molecule has 5 heteroatoms. The van der Waals surface area contributed by atoms with E-state index in [1.807, 2.05) is 54.6 Å². The van der Waals surface area contributed by atoms with Crippen LogP contribution in [0.15, 0.2) is 67.1 Å². The monoisotopic (exact) mass is 353 g/mol. The topological polar surface area (TPSA) is 57.8 Å². The molecular formula is C20H20ClN3O. The van der Waals surface area contributed by atoms with E-state index >= 15 is 0 Å². The second-order valence-corrected chi connectivity index (χ2v) is 6.34. The van der Waals surface area contributed by atoms with Crippen LogP contribution in [0.25, 0.3) is 0 Å². The van der Waals surface area contributed by atoms with Crippen molar-refractivity contribution in [1.29, 1.82) is 0 Å². The lowest BCUT2D eigenvalue weighted by Gasteiger charge is -2.18. The van der Waals surface area contributed by atoms with Crippen LogP contribution in [0.3, 0.4) is 0 Å². The van der Waals surface area contributed by atoms with Gasteiger partial charge in [-0.15, -0.1) is 0 Å². The fourth-order valence-electron chi connectivity index (χ4n) is 2.85. The Morgan fingerprint density at radius 1 is 1.12 bits per heavy atom. The molecule has 0 aliphatic rings. The molecule has 0 bridgehead atoms. The Hall–Kier alpha value is -2.59. The van der Waals surface area contributed by atoms with Gasteiger partial charge in [-0.25, -0.2) is 4.98 Å². The van der Waals surface area contributed by atoms with E-state index in [1.54, 1.807) is 12.5 Å². The first kappa shape index (κ1) is 17.2. The van der Waals surface area contributed by atoms with Crippen LogP contribution in [0.5, 0.6) is 0 Å². The van der Waals surface area contributed by atoms with Crippen molar-refractivity contribution in [3.8, 4) is 0 Å². The van der Waals surface area contributed by atoms with Gasteiger partial charge in [0.05, 0.1) is 6.33 Å². The minimum Gasteiger partial charge on any atom is -0.356 e. The van der Waals surface area contributed by atoms with Crippen LogP contribution in [0.1, 0.15) is 29.2 Å². The van der Waals surface area contributed by atoms with Crippen LogP contribution >= 0.6 is 11.6 Å². The number of nitrogens with zero attached hydrogens (tertiary/aromatic N) is 1. The molecule has 1 heterocycles. The molecule has 0 fully saturated rings. The zero-order valence-electron chi connectivity index (χ0n) is 13.8. The van der Waals surface area contributed by atoms with Gasteiger partial charge in [0.15, 0.2) is 0 Å². The van der Waals surface area contributed by atoms with Crippen molar-refractivity contribution >= 4 is 17.5 Å². The van der Waals surface area contributed by atoms with Crippen LogP contribution in [0.4, 0.5) is 0 Å². The minimum atomic E-state index is -0.0212. The van der Waals surface area contributed by atoms with Gasteiger partial charge in [0.25, 0.3) is 0 Å². The molecule has 25 heavy (non-hydrogen) atoms. The second-order valence-electron chi connectivity index (χ2n) is 5.90. The zero-order valence-corrected chi connectivity index (χ0v) is 14.5. The Morgan fingerprint density at radius 2 is 1.92 bits per heavy atom. The zero-order chi connectivity index (χ0) is 17.5. The van der Waals surface area contributed by atoms with Crippen LogP contribution in [0, 0.1) is 0 Å². The average molecular weight is 354 g/mol. The van der Waals surface area contributed by atoms with Crippen molar-refractivity contribution < 1.29 is 4.79 Å². The third-order valence-corrected chi connectivity index (χ3v) is 4.35. The fraction of sp³-hybridized carbons (Fsp3) is 0.200. The molecule has 1 unspecified atom stereocenters. The van der Waals surface area contributed by atoms with Crippen LogP contribution < -0.4 is 5.32 Å². The maximum Gasteiger partial charge on any atom is 0.220 e. The highest BCUT2D eigenvalue weighted by Gasteiger charge is 2.18. The average Bonchev–Trinajstić information content (AvgIpc) is 3.14. The molecule has 2 aromatic carbocycles. The van der Waals surface area contributed by atoms with E-state index in [9.17, 15) is 4.79 Å². The number of rotatable bonds is 7. The van der Waals surface area contributed by atoms with Gasteiger partial charge in [-0.05, 0) is 23.3 Å². The quantitative estimate of drug-likeness (QED) is 0.675.